The van der Waals surface area contributed by atoms with E-state index in [4.69, 9.17) is 4.74 Å². The number of benzene rings is 1. The summed E-state index contributed by atoms with van der Waals surface area (Å²) in [5.41, 5.74) is 1.23. The first-order valence-electron chi connectivity index (χ1n) is 9.49. The molecule has 6 nitrogen and oxygen atoms in total. The topological polar surface area (TPSA) is 72.4 Å². The van der Waals surface area contributed by atoms with E-state index in [0.717, 1.165) is 0 Å². The van der Waals surface area contributed by atoms with Crippen LogP contribution in [0.3, 0.4) is 0 Å². The summed E-state index contributed by atoms with van der Waals surface area (Å²) in [5, 5.41) is 0.643. The highest BCUT2D eigenvalue weighted by molar-refractivity contribution is 6.10. The van der Waals surface area contributed by atoms with E-state index in [0.29, 0.717) is 28.9 Å². The summed E-state index contributed by atoms with van der Waals surface area (Å²) in [6, 6.07) is 13.1. The van der Waals surface area contributed by atoms with Crippen LogP contribution >= 0.6 is 0 Å². The summed E-state index contributed by atoms with van der Waals surface area (Å²) in [4.78, 5) is 34.9. The highest BCUT2D eigenvalue weighted by atomic mass is 19.1. The third-order valence-corrected chi connectivity index (χ3v) is 4.83. The Bertz CT molecular complexity index is 1100. The van der Waals surface area contributed by atoms with Crippen molar-refractivity contribution in [1.82, 2.24) is 9.97 Å². The Hall–Kier alpha value is -3.35. The number of pyridine rings is 2. The second-order valence-electron chi connectivity index (χ2n) is 7.39. The van der Waals surface area contributed by atoms with E-state index < -0.39 is 12.2 Å². The van der Waals surface area contributed by atoms with Gasteiger partial charge in [0.2, 0.25) is 12.2 Å². The fourth-order valence-electron chi connectivity index (χ4n) is 3.31. The maximum Gasteiger partial charge on any atom is 0.307 e. The molecule has 1 aliphatic rings. The van der Waals surface area contributed by atoms with Crippen LogP contribution in [-0.2, 0) is 9.53 Å². The Morgan fingerprint density at radius 3 is 2.69 bits per heavy atom. The van der Waals surface area contributed by atoms with Crippen LogP contribution in [0.2, 0.25) is 0 Å². The molecule has 4 rings (SSSR count). The van der Waals surface area contributed by atoms with Gasteiger partial charge >= 0.3 is 5.97 Å². The number of anilines is 1. The number of hydrogen-bond acceptors (Lipinski definition) is 5. The summed E-state index contributed by atoms with van der Waals surface area (Å²) in [6.07, 6.45) is 0.0337. The van der Waals surface area contributed by atoms with Crippen molar-refractivity contribution in [2.75, 3.05) is 4.90 Å². The van der Waals surface area contributed by atoms with Gasteiger partial charge in [-0.1, -0.05) is 32.0 Å². The van der Waals surface area contributed by atoms with E-state index in [1.54, 1.807) is 42.5 Å². The highest BCUT2D eigenvalue weighted by Crippen LogP contribution is 2.38. The Morgan fingerprint density at radius 1 is 1.14 bits per heavy atom. The molecule has 3 aromatic rings. The van der Waals surface area contributed by atoms with Crippen LogP contribution in [0, 0.1) is 11.9 Å². The predicted molar refractivity (Wildman–Crippen MR) is 106 cm³/mol. The van der Waals surface area contributed by atoms with Crippen molar-refractivity contribution in [2.24, 2.45) is 5.92 Å². The van der Waals surface area contributed by atoms with E-state index in [-0.39, 0.29) is 29.8 Å². The number of fused-ring (bicyclic) bond motifs is 2. The quantitative estimate of drug-likeness (QED) is 0.474. The number of rotatable bonds is 5. The monoisotopic (exact) mass is 393 g/mol. The molecule has 2 aromatic heterocycles. The van der Waals surface area contributed by atoms with Crippen molar-refractivity contribution in [3.8, 4) is 0 Å². The first kappa shape index (κ1) is 19.0. The second kappa shape index (κ2) is 7.58. The molecule has 1 unspecified atom stereocenters. The molecule has 0 saturated heterocycles. The molecule has 0 fully saturated rings. The zero-order valence-corrected chi connectivity index (χ0v) is 16.1. The van der Waals surface area contributed by atoms with E-state index in [1.807, 2.05) is 13.8 Å². The van der Waals surface area contributed by atoms with Gasteiger partial charge in [0, 0.05) is 22.9 Å². The lowest BCUT2D eigenvalue weighted by molar-refractivity contribution is -0.149. The summed E-state index contributed by atoms with van der Waals surface area (Å²) in [7, 11) is 0. The molecule has 148 valence electrons. The van der Waals surface area contributed by atoms with Crippen LogP contribution in [-0.4, -0.2) is 21.8 Å². The van der Waals surface area contributed by atoms with Crippen molar-refractivity contribution < 1.29 is 18.7 Å². The molecule has 0 bridgehead atoms. The lowest BCUT2D eigenvalue weighted by Crippen LogP contribution is -2.31. The molecule has 0 N–H and O–H groups in total. The summed E-state index contributed by atoms with van der Waals surface area (Å²) in [5.74, 6) is -0.763. The van der Waals surface area contributed by atoms with Gasteiger partial charge in [0.15, 0.2) is 5.65 Å². The van der Waals surface area contributed by atoms with Gasteiger partial charge in [-0.2, -0.15) is 9.37 Å². The zero-order chi connectivity index (χ0) is 20.5. The SMILES string of the molecule is CC(C)CCC(=O)OC1c2ccccc2C(=O)N1c1ccc2ccc(F)nc2n1. The van der Waals surface area contributed by atoms with Crippen molar-refractivity contribution >= 4 is 28.7 Å². The van der Waals surface area contributed by atoms with Crippen LogP contribution in [0.1, 0.15) is 48.8 Å². The van der Waals surface area contributed by atoms with Crippen LogP contribution in [0.4, 0.5) is 10.2 Å². The van der Waals surface area contributed by atoms with Crippen LogP contribution in [0.5, 0.6) is 0 Å². The maximum atomic E-state index is 13.5. The molecule has 1 aromatic carbocycles. The Balaban J connectivity index is 1.72. The minimum Gasteiger partial charge on any atom is -0.437 e. The average Bonchev–Trinajstić information content (AvgIpc) is 2.98. The summed E-state index contributed by atoms with van der Waals surface area (Å²) >= 11 is 0. The number of aromatic nitrogens is 2. The van der Waals surface area contributed by atoms with Gasteiger partial charge in [-0.15, -0.1) is 0 Å². The number of esters is 1. The fraction of sp³-hybridized carbons (Fsp3) is 0.273. The molecule has 7 heteroatoms. The van der Waals surface area contributed by atoms with Crippen molar-refractivity contribution in [3.63, 3.8) is 0 Å². The van der Waals surface area contributed by atoms with Gasteiger partial charge in [0.1, 0.15) is 5.82 Å². The fourth-order valence-corrected chi connectivity index (χ4v) is 3.31. The van der Waals surface area contributed by atoms with Crippen molar-refractivity contribution in [3.05, 3.63) is 65.6 Å². The lowest BCUT2D eigenvalue weighted by Gasteiger charge is -2.24. The second-order valence-corrected chi connectivity index (χ2v) is 7.39. The van der Waals surface area contributed by atoms with Gasteiger partial charge in [-0.25, -0.2) is 4.98 Å². The lowest BCUT2D eigenvalue weighted by atomic mass is 10.1. The van der Waals surface area contributed by atoms with Crippen LogP contribution < -0.4 is 4.90 Å². The Morgan fingerprint density at radius 2 is 1.90 bits per heavy atom. The van der Waals surface area contributed by atoms with Gasteiger partial charge in [-0.05, 0) is 42.7 Å². The number of amides is 1. The Labute approximate surface area is 167 Å². The zero-order valence-electron chi connectivity index (χ0n) is 16.1. The molecule has 29 heavy (non-hydrogen) atoms. The molecular weight excluding hydrogens is 373 g/mol. The molecule has 0 aliphatic carbocycles. The first-order chi connectivity index (χ1) is 13.9. The predicted octanol–water partition coefficient (Wildman–Crippen LogP) is 4.41. The Kier molecular flexibility index (Phi) is 4.96. The molecule has 0 saturated carbocycles. The number of ether oxygens (including phenoxy) is 1. The molecule has 1 atom stereocenters. The van der Waals surface area contributed by atoms with Crippen molar-refractivity contribution in [2.45, 2.75) is 32.9 Å². The molecule has 0 spiro atoms. The molecule has 3 heterocycles. The minimum absolute atomic E-state index is 0.177. The summed E-state index contributed by atoms with van der Waals surface area (Å²) in [6.45, 7) is 4.05. The van der Waals surface area contributed by atoms with Gasteiger partial charge in [0.25, 0.3) is 5.91 Å². The standard InChI is InChI=1S/C22H20FN3O3/c1-13(2)7-12-19(27)29-22-16-6-4-3-5-15(16)21(28)26(22)18-11-9-14-8-10-17(23)24-20(14)25-18/h3-6,8-11,13,22H,7,12H2,1-2H3. The number of halogens is 1. The normalized spacial score (nSPS) is 15.8. The molecule has 1 aliphatic heterocycles. The number of hydrogen-bond donors (Lipinski definition) is 0. The first-order valence-corrected chi connectivity index (χ1v) is 9.49. The van der Waals surface area contributed by atoms with E-state index in [2.05, 4.69) is 9.97 Å². The minimum atomic E-state index is -0.920. The van der Waals surface area contributed by atoms with E-state index in [1.165, 1.54) is 11.0 Å². The van der Waals surface area contributed by atoms with Crippen molar-refractivity contribution in [1.29, 1.82) is 0 Å². The third-order valence-electron chi connectivity index (χ3n) is 4.83. The maximum absolute atomic E-state index is 13.5. The summed E-state index contributed by atoms with van der Waals surface area (Å²) < 4.78 is 19.2. The van der Waals surface area contributed by atoms with Gasteiger partial charge < -0.3 is 4.74 Å². The average molecular weight is 393 g/mol. The van der Waals surface area contributed by atoms with Gasteiger partial charge in [0.05, 0.1) is 0 Å². The third kappa shape index (κ3) is 3.68. The van der Waals surface area contributed by atoms with Gasteiger partial charge in [-0.3, -0.25) is 14.5 Å². The smallest absolute Gasteiger partial charge is 0.307 e. The van der Waals surface area contributed by atoms with Crippen LogP contribution in [0.15, 0.2) is 48.5 Å². The highest BCUT2D eigenvalue weighted by Gasteiger charge is 2.40. The molecular formula is C22H20FN3O3. The number of carbonyl (C=O) groups excluding carboxylic acids is 2. The number of nitrogens with zero attached hydrogens (tertiary/aromatic N) is 3. The number of carbonyl (C=O) groups is 2. The molecule has 0 radical (unpaired) electrons. The van der Waals surface area contributed by atoms with E-state index in [9.17, 15) is 14.0 Å². The molecule has 1 amide bonds. The largest absolute Gasteiger partial charge is 0.437 e. The van der Waals surface area contributed by atoms with Crippen LogP contribution in [0.25, 0.3) is 11.0 Å². The van der Waals surface area contributed by atoms with E-state index >= 15 is 0 Å².